The number of carbonyl (C=O) groups excluding carboxylic acids is 2. The monoisotopic (exact) mass is 450 g/mol. The topological polar surface area (TPSA) is 58.6 Å². The first-order chi connectivity index (χ1) is 14.2. The zero-order chi connectivity index (χ0) is 22.3. The Morgan fingerprint density at radius 1 is 1.07 bits per heavy atom. The number of hydrogen-bond donors (Lipinski definition) is 1. The number of rotatable bonds is 9. The minimum absolute atomic E-state index is 0.0313. The van der Waals surface area contributed by atoms with Crippen molar-refractivity contribution in [3.8, 4) is 5.75 Å². The number of methoxy groups -OCH3 is 1. The maximum Gasteiger partial charge on any atom is 0.242 e. The molecule has 0 radical (unpaired) electrons. The third kappa shape index (κ3) is 6.64. The van der Waals surface area contributed by atoms with Crippen LogP contribution in [0.3, 0.4) is 0 Å². The van der Waals surface area contributed by atoms with Crippen molar-refractivity contribution >= 4 is 35.0 Å². The Morgan fingerprint density at radius 2 is 1.80 bits per heavy atom. The van der Waals surface area contributed by atoms with E-state index in [4.69, 9.17) is 27.9 Å². The van der Waals surface area contributed by atoms with E-state index in [1.165, 1.54) is 0 Å². The number of nitrogens with zero attached hydrogens (tertiary/aromatic N) is 1. The van der Waals surface area contributed by atoms with Crippen molar-refractivity contribution in [3.63, 3.8) is 0 Å². The van der Waals surface area contributed by atoms with Crippen LogP contribution in [0.2, 0.25) is 10.0 Å². The average molecular weight is 451 g/mol. The minimum Gasteiger partial charge on any atom is -0.497 e. The molecule has 2 amide bonds. The molecule has 30 heavy (non-hydrogen) atoms. The first kappa shape index (κ1) is 24.0. The van der Waals surface area contributed by atoms with Gasteiger partial charge in [0.15, 0.2) is 0 Å². The molecular formula is C23H28Cl2N2O3. The molecule has 0 aliphatic rings. The molecule has 162 valence electrons. The fourth-order valence-electron chi connectivity index (χ4n) is 2.94. The molecule has 0 bridgehead atoms. The van der Waals surface area contributed by atoms with Crippen molar-refractivity contribution in [2.75, 3.05) is 7.11 Å². The third-order valence-electron chi connectivity index (χ3n) is 4.99. The SMILES string of the molecule is CC[C@H](C)NC(=O)[C@H](C)N(Cc1cccc(OC)c1)C(=O)Cc1ccc(Cl)c(Cl)c1. The molecule has 2 rings (SSSR count). The molecule has 2 aromatic rings. The number of nitrogens with one attached hydrogen (secondary N) is 1. The van der Waals surface area contributed by atoms with Crippen LogP contribution in [-0.4, -0.2) is 35.9 Å². The first-order valence-electron chi connectivity index (χ1n) is 9.91. The summed E-state index contributed by atoms with van der Waals surface area (Å²) in [5.41, 5.74) is 1.61. The summed E-state index contributed by atoms with van der Waals surface area (Å²) in [7, 11) is 1.59. The predicted octanol–water partition coefficient (Wildman–Crippen LogP) is 4.88. The maximum absolute atomic E-state index is 13.2. The van der Waals surface area contributed by atoms with E-state index in [9.17, 15) is 9.59 Å². The number of amides is 2. The normalized spacial score (nSPS) is 12.7. The summed E-state index contributed by atoms with van der Waals surface area (Å²) in [4.78, 5) is 27.5. The molecule has 1 N–H and O–H groups in total. The van der Waals surface area contributed by atoms with Gasteiger partial charge in [-0.1, -0.05) is 48.3 Å². The second-order valence-corrected chi connectivity index (χ2v) is 8.11. The van der Waals surface area contributed by atoms with E-state index >= 15 is 0 Å². The first-order valence-corrected chi connectivity index (χ1v) is 10.7. The van der Waals surface area contributed by atoms with E-state index in [2.05, 4.69) is 5.32 Å². The second kappa shape index (κ2) is 11.2. The van der Waals surface area contributed by atoms with Crippen LogP contribution in [0.1, 0.15) is 38.3 Å². The van der Waals surface area contributed by atoms with Gasteiger partial charge in [-0.3, -0.25) is 9.59 Å². The van der Waals surface area contributed by atoms with Crippen LogP contribution in [0, 0.1) is 0 Å². The molecule has 2 aromatic carbocycles. The van der Waals surface area contributed by atoms with E-state index in [1.807, 2.05) is 38.1 Å². The van der Waals surface area contributed by atoms with Gasteiger partial charge in [0.25, 0.3) is 0 Å². The lowest BCUT2D eigenvalue weighted by Gasteiger charge is -2.30. The van der Waals surface area contributed by atoms with Crippen LogP contribution in [0.25, 0.3) is 0 Å². The fourth-order valence-corrected chi connectivity index (χ4v) is 3.26. The zero-order valence-electron chi connectivity index (χ0n) is 17.7. The molecule has 7 heteroatoms. The lowest BCUT2D eigenvalue weighted by Crippen LogP contribution is -2.49. The van der Waals surface area contributed by atoms with Gasteiger partial charge in [-0.05, 0) is 55.7 Å². The average Bonchev–Trinajstić information content (AvgIpc) is 2.74. The lowest BCUT2D eigenvalue weighted by atomic mass is 10.1. The molecule has 0 heterocycles. The van der Waals surface area contributed by atoms with Crippen molar-refractivity contribution in [1.29, 1.82) is 0 Å². The molecule has 0 aliphatic heterocycles. The van der Waals surface area contributed by atoms with Crippen molar-refractivity contribution in [3.05, 3.63) is 63.6 Å². The van der Waals surface area contributed by atoms with Gasteiger partial charge in [-0.15, -0.1) is 0 Å². The smallest absolute Gasteiger partial charge is 0.242 e. The molecule has 0 saturated carbocycles. The number of ether oxygens (including phenoxy) is 1. The van der Waals surface area contributed by atoms with Crippen molar-refractivity contribution in [2.45, 2.75) is 52.2 Å². The van der Waals surface area contributed by atoms with Crippen LogP contribution in [0.5, 0.6) is 5.75 Å². The number of halogens is 2. The zero-order valence-corrected chi connectivity index (χ0v) is 19.3. The Hall–Kier alpha value is -2.24. The highest BCUT2D eigenvalue weighted by atomic mass is 35.5. The van der Waals surface area contributed by atoms with Gasteiger partial charge in [-0.2, -0.15) is 0 Å². The summed E-state index contributed by atoms with van der Waals surface area (Å²) < 4.78 is 5.28. The molecule has 0 saturated heterocycles. The Labute approximate surface area is 188 Å². The Balaban J connectivity index is 2.27. The van der Waals surface area contributed by atoms with Crippen molar-refractivity contribution in [1.82, 2.24) is 10.2 Å². The number of hydrogen-bond acceptors (Lipinski definition) is 3. The number of benzene rings is 2. The molecule has 0 spiro atoms. The summed E-state index contributed by atoms with van der Waals surface area (Å²) in [5, 5.41) is 3.78. The van der Waals surface area contributed by atoms with Crippen LogP contribution < -0.4 is 10.1 Å². The highest BCUT2D eigenvalue weighted by molar-refractivity contribution is 6.42. The highest BCUT2D eigenvalue weighted by Crippen LogP contribution is 2.24. The van der Waals surface area contributed by atoms with E-state index in [-0.39, 0.29) is 30.8 Å². The Kier molecular flexibility index (Phi) is 9.00. The Morgan fingerprint density at radius 3 is 2.43 bits per heavy atom. The summed E-state index contributed by atoms with van der Waals surface area (Å²) in [5.74, 6) is 0.332. The molecule has 0 aromatic heterocycles. The lowest BCUT2D eigenvalue weighted by molar-refractivity contribution is -0.140. The number of carbonyl (C=O) groups is 2. The van der Waals surface area contributed by atoms with Crippen LogP contribution in [-0.2, 0) is 22.6 Å². The van der Waals surface area contributed by atoms with Gasteiger partial charge >= 0.3 is 0 Å². The highest BCUT2D eigenvalue weighted by Gasteiger charge is 2.27. The summed E-state index contributed by atoms with van der Waals surface area (Å²) >= 11 is 12.1. The molecule has 0 unspecified atom stereocenters. The van der Waals surface area contributed by atoms with Gasteiger partial charge in [0.2, 0.25) is 11.8 Å². The van der Waals surface area contributed by atoms with Gasteiger partial charge in [0.1, 0.15) is 11.8 Å². The van der Waals surface area contributed by atoms with Crippen molar-refractivity contribution in [2.24, 2.45) is 0 Å². The van der Waals surface area contributed by atoms with E-state index in [0.29, 0.717) is 15.8 Å². The van der Waals surface area contributed by atoms with E-state index in [0.717, 1.165) is 17.5 Å². The molecule has 0 aliphatic carbocycles. The van der Waals surface area contributed by atoms with Gasteiger partial charge < -0.3 is 15.0 Å². The molecule has 2 atom stereocenters. The molecular weight excluding hydrogens is 423 g/mol. The predicted molar refractivity (Wildman–Crippen MR) is 121 cm³/mol. The van der Waals surface area contributed by atoms with Crippen LogP contribution in [0.15, 0.2) is 42.5 Å². The Bertz CT molecular complexity index is 889. The van der Waals surface area contributed by atoms with Crippen LogP contribution >= 0.6 is 23.2 Å². The standard InChI is InChI=1S/C23H28Cl2N2O3/c1-5-15(2)26-23(29)16(3)27(14-18-7-6-8-19(11-18)30-4)22(28)13-17-9-10-20(24)21(25)12-17/h6-12,15-16H,5,13-14H2,1-4H3,(H,26,29)/t15-,16-/m0/s1. The summed E-state index contributed by atoms with van der Waals surface area (Å²) in [6.45, 7) is 5.96. The quantitative estimate of drug-likeness (QED) is 0.592. The van der Waals surface area contributed by atoms with Gasteiger partial charge in [0, 0.05) is 12.6 Å². The largest absolute Gasteiger partial charge is 0.497 e. The molecule has 5 nitrogen and oxygen atoms in total. The fraction of sp³-hybridized carbons (Fsp3) is 0.391. The second-order valence-electron chi connectivity index (χ2n) is 7.29. The van der Waals surface area contributed by atoms with Crippen LogP contribution in [0.4, 0.5) is 0 Å². The minimum atomic E-state index is -0.638. The van der Waals surface area contributed by atoms with Gasteiger partial charge in [0.05, 0.1) is 23.6 Å². The third-order valence-corrected chi connectivity index (χ3v) is 5.73. The van der Waals surface area contributed by atoms with E-state index < -0.39 is 6.04 Å². The summed E-state index contributed by atoms with van der Waals surface area (Å²) in [6, 6.07) is 12.0. The maximum atomic E-state index is 13.2. The van der Waals surface area contributed by atoms with Gasteiger partial charge in [-0.25, -0.2) is 0 Å². The molecule has 0 fully saturated rings. The van der Waals surface area contributed by atoms with Crippen molar-refractivity contribution < 1.29 is 14.3 Å². The van der Waals surface area contributed by atoms with E-state index in [1.54, 1.807) is 37.1 Å². The summed E-state index contributed by atoms with van der Waals surface area (Å²) in [6.07, 6.45) is 0.924.